The van der Waals surface area contributed by atoms with Crippen LogP contribution < -0.4 is 5.84 Å². The number of hydrogen-bond acceptors (Lipinski definition) is 4. The molecule has 0 amide bonds. The predicted octanol–water partition coefficient (Wildman–Crippen LogP) is 0.171. The average molecular weight is 115 g/mol. The van der Waals surface area contributed by atoms with Crippen LogP contribution in [0.5, 0.6) is 0 Å². The van der Waals surface area contributed by atoms with Crippen molar-refractivity contribution in [1.82, 2.24) is 0 Å². The molecule has 0 saturated heterocycles. The maximum absolute atomic E-state index is 8.09. The quantitative estimate of drug-likeness (QED) is 0.221. The minimum Gasteiger partial charge on any atom is -0.411 e. The van der Waals surface area contributed by atoms with E-state index in [0.717, 1.165) is 0 Å². The van der Waals surface area contributed by atoms with E-state index in [-0.39, 0.29) is 0 Å². The molecule has 0 unspecified atom stereocenters. The normalized spacial score (nSPS) is 14.2. The van der Waals surface area contributed by atoms with Crippen LogP contribution in [0, 0.1) is 0 Å². The summed E-state index contributed by atoms with van der Waals surface area (Å²) in [6, 6.07) is 0. The van der Waals surface area contributed by atoms with Gasteiger partial charge in [-0.2, -0.15) is 5.10 Å². The zero-order chi connectivity index (χ0) is 6.57. The van der Waals surface area contributed by atoms with Crippen LogP contribution in [0.15, 0.2) is 10.3 Å². The number of nitrogens with zero attached hydrogens (tertiary/aromatic N) is 2. The second-order valence-corrected chi connectivity index (χ2v) is 1.40. The summed E-state index contributed by atoms with van der Waals surface area (Å²) < 4.78 is 0. The van der Waals surface area contributed by atoms with Crippen molar-refractivity contribution in [2.75, 3.05) is 0 Å². The van der Waals surface area contributed by atoms with E-state index in [1.807, 2.05) is 0 Å². The van der Waals surface area contributed by atoms with Crippen molar-refractivity contribution in [2.24, 2.45) is 16.1 Å². The third-order valence-electron chi connectivity index (χ3n) is 0.867. The van der Waals surface area contributed by atoms with E-state index < -0.39 is 0 Å². The van der Waals surface area contributed by atoms with Gasteiger partial charge in [-0.05, 0) is 13.8 Å². The van der Waals surface area contributed by atoms with Gasteiger partial charge in [0.05, 0.1) is 11.4 Å². The minimum absolute atomic E-state index is 0.438. The fraction of sp³-hybridized carbons (Fsp3) is 0.500. The monoisotopic (exact) mass is 115 g/mol. The third-order valence-corrected chi connectivity index (χ3v) is 0.867. The summed E-state index contributed by atoms with van der Waals surface area (Å²) >= 11 is 0. The predicted molar refractivity (Wildman–Crippen MR) is 32.2 cm³/mol. The Kier molecular flexibility index (Phi) is 2.61. The van der Waals surface area contributed by atoms with Crippen molar-refractivity contribution in [1.29, 1.82) is 0 Å². The SMILES string of the molecule is CC(=N/N)/C(C)=N/O. The van der Waals surface area contributed by atoms with E-state index >= 15 is 0 Å². The third kappa shape index (κ3) is 1.59. The van der Waals surface area contributed by atoms with E-state index in [2.05, 4.69) is 10.3 Å². The standard InChI is InChI=1S/C4H9N3O/c1-3(6-5)4(2)7-8/h8H,5H2,1-2H3/b6-3-,7-4+. The molecule has 0 bridgehead atoms. The van der Waals surface area contributed by atoms with E-state index in [1.165, 1.54) is 0 Å². The van der Waals surface area contributed by atoms with Gasteiger partial charge in [0.25, 0.3) is 0 Å². The first-order valence-corrected chi connectivity index (χ1v) is 2.16. The van der Waals surface area contributed by atoms with Gasteiger partial charge in [0.1, 0.15) is 0 Å². The number of oxime groups is 1. The van der Waals surface area contributed by atoms with Gasteiger partial charge in [0.15, 0.2) is 0 Å². The van der Waals surface area contributed by atoms with Crippen LogP contribution in [0.2, 0.25) is 0 Å². The number of hydrogen-bond donors (Lipinski definition) is 2. The fourth-order valence-corrected chi connectivity index (χ4v) is 0.166. The lowest BCUT2D eigenvalue weighted by Gasteiger charge is -1.90. The molecule has 0 aliphatic rings. The lowest BCUT2D eigenvalue weighted by atomic mass is 10.3. The summed E-state index contributed by atoms with van der Waals surface area (Å²) in [5.41, 5.74) is 0.972. The Bertz CT molecular complexity index is 111. The highest BCUT2D eigenvalue weighted by Crippen LogP contribution is 1.77. The molecule has 46 valence electrons. The number of nitrogens with two attached hydrogens (primary N) is 1. The smallest absolute Gasteiger partial charge is 0.0993 e. The Morgan fingerprint density at radius 2 is 1.88 bits per heavy atom. The Morgan fingerprint density at radius 1 is 1.38 bits per heavy atom. The second-order valence-electron chi connectivity index (χ2n) is 1.40. The Labute approximate surface area is 47.7 Å². The van der Waals surface area contributed by atoms with Gasteiger partial charge in [-0.15, -0.1) is 0 Å². The number of rotatable bonds is 1. The first-order chi connectivity index (χ1) is 3.72. The first-order valence-electron chi connectivity index (χ1n) is 2.16. The topological polar surface area (TPSA) is 71.0 Å². The van der Waals surface area contributed by atoms with Crippen molar-refractivity contribution >= 4 is 11.4 Å². The molecule has 0 aromatic rings. The molecular formula is C4H9N3O. The zero-order valence-electron chi connectivity index (χ0n) is 4.92. The van der Waals surface area contributed by atoms with Crippen LogP contribution in [-0.4, -0.2) is 16.6 Å². The van der Waals surface area contributed by atoms with E-state index in [0.29, 0.717) is 11.4 Å². The van der Waals surface area contributed by atoms with Crippen LogP contribution in [-0.2, 0) is 0 Å². The fourth-order valence-electron chi connectivity index (χ4n) is 0.166. The van der Waals surface area contributed by atoms with Gasteiger partial charge in [-0.1, -0.05) is 5.16 Å². The molecule has 3 N–H and O–H groups in total. The molecular weight excluding hydrogens is 106 g/mol. The molecule has 4 heteroatoms. The molecule has 8 heavy (non-hydrogen) atoms. The lowest BCUT2D eigenvalue weighted by Crippen LogP contribution is -2.07. The average Bonchev–Trinajstić information content (AvgIpc) is 1.84. The molecule has 0 aliphatic carbocycles. The second kappa shape index (κ2) is 3.01. The van der Waals surface area contributed by atoms with Crippen LogP contribution in [0.1, 0.15) is 13.8 Å². The van der Waals surface area contributed by atoms with Crippen LogP contribution in [0.25, 0.3) is 0 Å². The minimum atomic E-state index is 0.438. The zero-order valence-corrected chi connectivity index (χ0v) is 4.92. The van der Waals surface area contributed by atoms with Crippen molar-refractivity contribution in [3.05, 3.63) is 0 Å². The van der Waals surface area contributed by atoms with Crippen molar-refractivity contribution in [3.63, 3.8) is 0 Å². The van der Waals surface area contributed by atoms with Crippen LogP contribution >= 0.6 is 0 Å². The lowest BCUT2D eigenvalue weighted by molar-refractivity contribution is 0.320. The summed E-state index contributed by atoms with van der Waals surface area (Å²) in [7, 11) is 0. The highest BCUT2D eigenvalue weighted by molar-refractivity contribution is 6.40. The molecule has 0 rings (SSSR count). The maximum Gasteiger partial charge on any atom is 0.0993 e. The van der Waals surface area contributed by atoms with Gasteiger partial charge < -0.3 is 11.0 Å². The summed E-state index contributed by atoms with van der Waals surface area (Å²) in [4.78, 5) is 0. The van der Waals surface area contributed by atoms with E-state index in [4.69, 9.17) is 11.0 Å². The maximum atomic E-state index is 8.09. The molecule has 0 aromatic heterocycles. The molecule has 0 aliphatic heterocycles. The molecule has 0 heterocycles. The van der Waals surface area contributed by atoms with Gasteiger partial charge in [-0.25, -0.2) is 0 Å². The van der Waals surface area contributed by atoms with Crippen molar-refractivity contribution < 1.29 is 5.21 Å². The van der Waals surface area contributed by atoms with Crippen molar-refractivity contribution in [2.45, 2.75) is 13.8 Å². The van der Waals surface area contributed by atoms with E-state index in [1.54, 1.807) is 13.8 Å². The molecule has 0 fully saturated rings. The molecule has 0 saturated carbocycles. The summed E-state index contributed by atoms with van der Waals surface area (Å²) in [6.07, 6.45) is 0. The first kappa shape index (κ1) is 6.94. The summed E-state index contributed by atoms with van der Waals surface area (Å²) in [5, 5.41) is 14.2. The Hall–Kier alpha value is -1.06. The van der Waals surface area contributed by atoms with Gasteiger partial charge in [0, 0.05) is 0 Å². The highest BCUT2D eigenvalue weighted by atomic mass is 16.4. The summed E-state index contributed by atoms with van der Waals surface area (Å²) in [6.45, 7) is 3.28. The van der Waals surface area contributed by atoms with Gasteiger partial charge >= 0.3 is 0 Å². The molecule has 0 aromatic carbocycles. The van der Waals surface area contributed by atoms with Crippen LogP contribution in [0.3, 0.4) is 0 Å². The molecule has 0 atom stereocenters. The molecule has 0 radical (unpaired) electrons. The van der Waals surface area contributed by atoms with Gasteiger partial charge in [-0.3, -0.25) is 0 Å². The molecule has 0 spiro atoms. The Morgan fingerprint density at radius 3 is 2.00 bits per heavy atom. The van der Waals surface area contributed by atoms with E-state index in [9.17, 15) is 0 Å². The number of hydrazone groups is 1. The largest absolute Gasteiger partial charge is 0.411 e. The van der Waals surface area contributed by atoms with Crippen LogP contribution in [0.4, 0.5) is 0 Å². The Balaban J connectivity index is 4.04. The van der Waals surface area contributed by atoms with Gasteiger partial charge in [0.2, 0.25) is 0 Å². The summed E-state index contributed by atoms with van der Waals surface area (Å²) in [5.74, 6) is 4.84. The molecule has 4 nitrogen and oxygen atoms in total. The van der Waals surface area contributed by atoms with Crippen molar-refractivity contribution in [3.8, 4) is 0 Å². The highest BCUT2D eigenvalue weighted by Gasteiger charge is 1.92.